The summed E-state index contributed by atoms with van der Waals surface area (Å²) in [5.74, 6) is -0.298. The van der Waals surface area contributed by atoms with Crippen LogP contribution in [0.3, 0.4) is 0 Å². The maximum absolute atomic E-state index is 13.3. The number of halogens is 2. The first-order valence-corrected chi connectivity index (χ1v) is 7.27. The quantitative estimate of drug-likeness (QED) is 0.922. The highest BCUT2D eigenvalue weighted by Crippen LogP contribution is 2.39. The number of hydrogen-bond donors (Lipinski definition) is 1. The van der Waals surface area contributed by atoms with E-state index in [1.807, 2.05) is 0 Å². The fraction of sp³-hybridized carbons (Fsp3) is 0.600. The maximum Gasteiger partial charge on any atom is 0.123 e. The smallest absolute Gasteiger partial charge is 0.123 e. The second kappa shape index (κ2) is 4.72. The van der Waals surface area contributed by atoms with E-state index in [1.165, 1.54) is 25.0 Å². The minimum absolute atomic E-state index is 0.298. The van der Waals surface area contributed by atoms with Gasteiger partial charge in [0.15, 0.2) is 0 Å². The van der Waals surface area contributed by atoms with Gasteiger partial charge in [0.05, 0.1) is 5.60 Å². The fourth-order valence-electron chi connectivity index (χ4n) is 3.28. The summed E-state index contributed by atoms with van der Waals surface area (Å²) in [7, 11) is 0. The predicted molar refractivity (Wildman–Crippen MR) is 73.9 cm³/mol. The number of hydrogen-bond acceptors (Lipinski definition) is 2. The highest BCUT2D eigenvalue weighted by molar-refractivity contribution is 6.31. The third-order valence-electron chi connectivity index (χ3n) is 4.26. The molecule has 2 unspecified atom stereocenters. The lowest BCUT2D eigenvalue weighted by atomic mass is 9.92. The van der Waals surface area contributed by atoms with Gasteiger partial charge in [-0.05, 0) is 49.9 Å². The number of β-amino-alcohol motifs (C(OH)–C–C–N with tert-alkyl or cyclic N) is 1. The van der Waals surface area contributed by atoms with Gasteiger partial charge in [-0.15, -0.1) is 0 Å². The van der Waals surface area contributed by atoms with Crippen LogP contribution in [-0.4, -0.2) is 34.2 Å². The summed E-state index contributed by atoms with van der Waals surface area (Å²) in [6.07, 6.45) is 3.63. The van der Waals surface area contributed by atoms with Crippen molar-refractivity contribution in [2.24, 2.45) is 0 Å². The van der Waals surface area contributed by atoms with Crippen LogP contribution in [0.25, 0.3) is 0 Å². The molecule has 1 aliphatic heterocycles. The third kappa shape index (κ3) is 2.78. The van der Waals surface area contributed by atoms with Crippen LogP contribution in [-0.2, 0) is 6.42 Å². The zero-order valence-corrected chi connectivity index (χ0v) is 11.8. The van der Waals surface area contributed by atoms with Gasteiger partial charge in [-0.1, -0.05) is 11.6 Å². The Kier molecular flexibility index (Phi) is 3.32. The minimum atomic E-state index is -0.778. The average Bonchev–Trinajstić information content (AvgIpc) is 3.11. The van der Waals surface area contributed by atoms with Crippen molar-refractivity contribution in [1.82, 2.24) is 4.90 Å². The Morgan fingerprint density at radius 3 is 2.89 bits per heavy atom. The van der Waals surface area contributed by atoms with Crippen LogP contribution >= 0.6 is 11.6 Å². The van der Waals surface area contributed by atoms with E-state index < -0.39 is 5.60 Å². The summed E-state index contributed by atoms with van der Waals surface area (Å²) < 4.78 is 13.3. The minimum Gasteiger partial charge on any atom is -0.388 e. The molecule has 0 bridgehead atoms. The Hall–Kier alpha value is -0.640. The molecule has 1 heterocycles. The SMILES string of the molecule is CC1CC(O)(Cc2cc(F)ccc2Cl)CN1C1CC1. The lowest BCUT2D eigenvalue weighted by Gasteiger charge is -2.24. The highest BCUT2D eigenvalue weighted by atomic mass is 35.5. The molecule has 0 spiro atoms. The van der Waals surface area contributed by atoms with E-state index in [4.69, 9.17) is 11.6 Å². The van der Waals surface area contributed by atoms with Gasteiger partial charge in [-0.2, -0.15) is 0 Å². The van der Waals surface area contributed by atoms with Crippen molar-refractivity contribution in [1.29, 1.82) is 0 Å². The van der Waals surface area contributed by atoms with Crippen LogP contribution in [0.4, 0.5) is 4.39 Å². The van der Waals surface area contributed by atoms with Gasteiger partial charge in [0.25, 0.3) is 0 Å². The molecule has 1 aliphatic carbocycles. The zero-order chi connectivity index (χ0) is 13.6. The van der Waals surface area contributed by atoms with Crippen molar-refractivity contribution in [3.05, 3.63) is 34.6 Å². The summed E-state index contributed by atoms with van der Waals surface area (Å²) in [6.45, 7) is 2.83. The number of benzene rings is 1. The van der Waals surface area contributed by atoms with Crippen LogP contribution in [0.5, 0.6) is 0 Å². The van der Waals surface area contributed by atoms with Gasteiger partial charge < -0.3 is 5.11 Å². The van der Waals surface area contributed by atoms with Crippen molar-refractivity contribution < 1.29 is 9.50 Å². The predicted octanol–water partition coefficient (Wildman–Crippen LogP) is 3.01. The molecule has 4 heteroatoms. The Morgan fingerprint density at radius 1 is 1.47 bits per heavy atom. The summed E-state index contributed by atoms with van der Waals surface area (Å²) in [4.78, 5) is 2.38. The maximum atomic E-state index is 13.3. The van der Waals surface area contributed by atoms with E-state index in [9.17, 15) is 9.50 Å². The standard InChI is InChI=1S/C15H19ClFNO/c1-10-7-15(19,9-18(10)13-3-4-13)8-11-6-12(17)2-5-14(11)16/h2,5-6,10,13,19H,3-4,7-9H2,1H3. The molecule has 2 atom stereocenters. The van der Waals surface area contributed by atoms with Gasteiger partial charge in [0, 0.05) is 30.1 Å². The van der Waals surface area contributed by atoms with Crippen molar-refractivity contribution in [3.8, 4) is 0 Å². The van der Waals surface area contributed by atoms with Crippen molar-refractivity contribution >= 4 is 11.6 Å². The summed E-state index contributed by atoms with van der Waals surface area (Å²) in [6, 6.07) is 5.39. The van der Waals surface area contributed by atoms with E-state index >= 15 is 0 Å². The Labute approximate surface area is 118 Å². The highest BCUT2D eigenvalue weighted by Gasteiger charge is 2.46. The van der Waals surface area contributed by atoms with E-state index in [0.717, 1.165) is 6.42 Å². The molecule has 1 saturated carbocycles. The molecule has 1 aromatic carbocycles. The van der Waals surface area contributed by atoms with Crippen LogP contribution in [0.2, 0.25) is 5.02 Å². The van der Waals surface area contributed by atoms with Crippen molar-refractivity contribution in [2.45, 2.75) is 50.3 Å². The molecule has 19 heavy (non-hydrogen) atoms. The van der Waals surface area contributed by atoms with Crippen LogP contribution in [0.1, 0.15) is 31.7 Å². The molecule has 1 saturated heterocycles. The van der Waals surface area contributed by atoms with E-state index in [-0.39, 0.29) is 5.82 Å². The molecule has 1 aromatic rings. The molecule has 1 N–H and O–H groups in total. The number of likely N-dealkylation sites (tertiary alicyclic amines) is 1. The number of nitrogens with zero attached hydrogens (tertiary/aromatic N) is 1. The second-order valence-electron chi connectivity index (χ2n) is 6.09. The summed E-state index contributed by atoms with van der Waals surface area (Å²) in [5, 5.41) is 11.3. The molecule has 0 aromatic heterocycles. The van der Waals surface area contributed by atoms with Gasteiger partial charge >= 0.3 is 0 Å². The van der Waals surface area contributed by atoms with E-state index in [0.29, 0.717) is 35.6 Å². The summed E-state index contributed by atoms with van der Waals surface area (Å²) in [5.41, 5.74) is -0.0755. The molecule has 2 nitrogen and oxygen atoms in total. The number of rotatable bonds is 3. The van der Waals surface area contributed by atoms with Gasteiger partial charge in [-0.3, -0.25) is 4.90 Å². The molecule has 0 amide bonds. The first kappa shape index (κ1) is 13.3. The topological polar surface area (TPSA) is 23.5 Å². The lowest BCUT2D eigenvalue weighted by molar-refractivity contribution is 0.0486. The largest absolute Gasteiger partial charge is 0.388 e. The van der Waals surface area contributed by atoms with Gasteiger partial charge in [0.2, 0.25) is 0 Å². The molecule has 2 fully saturated rings. The second-order valence-corrected chi connectivity index (χ2v) is 6.50. The van der Waals surface area contributed by atoms with Gasteiger partial charge in [0.1, 0.15) is 5.82 Å². The van der Waals surface area contributed by atoms with Gasteiger partial charge in [-0.25, -0.2) is 4.39 Å². The average molecular weight is 284 g/mol. The van der Waals surface area contributed by atoms with E-state index in [2.05, 4.69) is 11.8 Å². The van der Waals surface area contributed by atoms with Crippen LogP contribution < -0.4 is 0 Å². The Balaban J connectivity index is 1.76. The van der Waals surface area contributed by atoms with Crippen LogP contribution in [0.15, 0.2) is 18.2 Å². The molecular weight excluding hydrogens is 265 g/mol. The number of aliphatic hydroxyl groups is 1. The van der Waals surface area contributed by atoms with Crippen LogP contribution in [0, 0.1) is 5.82 Å². The lowest BCUT2D eigenvalue weighted by Crippen LogP contribution is -2.36. The molecular formula is C15H19ClFNO. The zero-order valence-electron chi connectivity index (χ0n) is 11.1. The third-order valence-corrected chi connectivity index (χ3v) is 4.63. The normalized spacial score (nSPS) is 31.9. The molecule has 0 radical (unpaired) electrons. The first-order valence-electron chi connectivity index (χ1n) is 6.89. The van der Waals surface area contributed by atoms with E-state index in [1.54, 1.807) is 6.07 Å². The monoisotopic (exact) mass is 283 g/mol. The molecule has 2 aliphatic rings. The Morgan fingerprint density at radius 2 is 2.21 bits per heavy atom. The summed E-state index contributed by atoms with van der Waals surface area (Å²) >= 11 is 6.09. The Bertz CT molecular complexity index is 491. The molecule has 104 valence electrons. The van der Waals surface area contributed by atoms with Crippen molar-refractivity contribution in [2.75, 3.05) is 6.54 Å². The fourth-order valence-corrected chi connectivity index (χ4v) is 3.47. The van der Waals surface area contributed by atoms with Crippen molar-refractivity contribution in [3.63, 3.8) is 0 Å². The molecule has 3 rings (SSSR count). The first-order chi connectivity index (χ1) is 8.97.